The zero-order valence-electron chi connectivity index (χ0n) is 17.0. The van der Waals surface area contributed by atoms with Crippen molar-refractivity contribution < 1.29 is 13.0 Å². The van der Waals surface area contributed by atoms with Gasteiger partial charge in [0, 0.05) is 10.8 Å². The van der Waals surface area contributed by atoms with Gasteiger partial charge in [-0.15, -0.1) is 10.2 Å². The highest BCUT2D eigenvalue weighted by atomic mass is 32.2. The molecule has 9 heteroatoms. The molecule has 0 aromatic heterocycles. The lowest BCUT2D eigenvalue weighted by molar-refractivity contribution is 0.484. The number of nitrogens with zero attached hydrogens (tertiary/aromatic N) is 4. The van der Waals surface area contributed by atoms with E-state index < -0.39 is 10.1 Å². The smallest absolute Gasteiger partial charge is 0.295 e. The lowest BCUT2D eigenvalue weighted by Crippen LogP contribution is -1.99. The fourth-order valence-corrected chi connectivity index (χ4v) is 4.14. The van der Waals surface area contributed by atoms with Crippen molar-refractivity contribution in [1.82, 2.24) is 0 Å². The molecule has 0 spiro atoms. The van der Waals surface area contributed by atoms with Crippen LogP contribution in [0.3, 0.4) is 0 Å². The van der Waals surface area contributed by atoms with Crippen LogP contribution >= 0.6 is 0 Å². The van der Waals surface area contributed by atoms with Gasteiger partial charge in [-0.25, -0.2) is 0 Å². The molecule has 32 heavy (non-hydrogen) atoms. The van der Waals surface area contributed by atoms with Crippen molar-refractivity contribution in [2.45, 2.75) is 11.8 Å². The summed E-state index contributed by atoms with van der Waals surface area (Å²) in [7, 11) is -4.51. The summed E-state index contributed by atoms with van der Waals surface area (Å²) < 4.78 is 33.6. The number of rotatable bonds is 5. The number of hydrogen-bond acceptors (Lipinski definition) is 6. The fourth-order valence-electron chi connectivity index (χ4n) is 3.42. The maximum atomic E-state index is 11.9. The lowest BCUT2D eigenvalue weighted by Gasteiger charge is -2.08. The van der Waals surface area contributed by atoms with E-state index in [2.05, 4.69) is 26.6 Å². The summed E-state index contributed by atoms with van der Waals surface area (Å²) in [6, 6.07) is 23.4. The third kappa shape index (κ3) is 4.39. The van der Waals surface area contributed by atoms with E-state index in [9.17, 15) is 13.0 Å². The zero-order valence-corrected chi connectivity index (χ0v) is 17.9. The monoisotopic (exact) mass is 445 g/mol. The summed E-state index contributed by atoms with van der Waals surface area (Å²) >= 11 is 0. The van der Waals surface area contributed by atoms with Crippen molar-refractivity contribution in [3.05, 3.63) is 84.4 Å². The highest BCUT2D eigenvalue weighted by molar-refractivity contribution is 7.86. The van der Waals surface area contributed by atoms with Gasteiger partial charge in [0.25, 0.3) is 10.1 Å². The highest BCUT2D eigenvalue weighted by Crippen LogP contribution is 2.40. The molecule has 0 aliphatic heterocycles. The fraction of sp³-hybridized carbons (Fsp3) is 0.0435. The summed E-state index contributed by atoms with van der Waals surface area (Å²) in [5, 5.41) is 16.3. The summed E-state index contributed by atoms with van der Waals surface area (Å²) in [6.45, 7) is 2.03. The number of fused-ring (bicyclic) bond motifs is 1. The molecule has 3 N–H and O–H groups in total. The number of nitrogens with two attached hydrogens (primary N) is 1. The second-order valence-corrected chi connectivity index (χ2v) is 8.48. The minimum atomic E-state index is -4.51. The molecule has 0 aliphatic rings. The van der Waals surface area contributed by atoms with Crippen LogP contribution in [0.2, 0.25) is 0 Å². The Morgan fingerprint density at radius 3 is 2.16 bits per heavy atom. The molecule has 0 unspecified atom stereocenters. The molecule has 0 fully saturated rings. The minimum absolute atomic E-state index is 0.105. The molecule has 4 aromatic carbocycles. The van der Waals surface area contributed by atoms with Crippen LogP contribution in [0.25, 0.3) is 21.9 Å². The van der Waals surface area contributed by atoms with Crippen molar-refractivity contribution in [3.8, 4) is 11.1 Å². The van der Waals surface area contributed by atoms with Crippen LogP contribution < -0.4 is 5.84 Å². The van der Waals surface area contributed by atoms with Gasteiger partial charge in [-0.05, 0) is 36.2 Å². The second kappa shape index (κ2) is 8.66. The van der Waals surface area contributed by atoms with E-state index in [1.54, 1.807) is 36.4 Å². The van der Waals surface area contributed by atoms with E-state index in [4.69, 9.17) is 5.84 Å². The lowest BCUT2D eigenvalue weighted by atomic mass is 10.0. The zero-order chi connectivity index (χ0) is 22.7. The van der Waals surface area contributed by atoms with Gasteiger partial charge < -0.3 is 5.84 Å². The van der Waals surface area contributed by atoms with E-state index in [1.165, 1.54) is 11.6 Å². The molecule has 0 bridgehead atoms. The van der Waals surface area contributed by atoms with Crippen molar-refractivity contribution in [2.24, 2.45) is 26.4 Å². The van der Waals surface area contributed by atoms with E-state index in [-0.39, 0.29) is 21.7 Å². The summed E-state index contributed by atoms with van der Waals surface area (Å²) in [6.07, 6.45) is 0. The van der Waals surface area contributed by atoms with E-state index in [0.717, 1.165) is 11.1 Å². The third-order valence-electron chi connectivity index (χ3n) is 4.89. The van der Waals surface area contributed by atoms with Crippen molar-refractivity contribution >= 4 is 38.0 Å². The standard InChI is InChI=1S/C23H19N5O3S/c1-15-5-4-6-17(13-15)16-9-11-18(12-10-16)25-26-21-14-22(32(29,30)31)19-7-2-3-8-20(19)23(21)27-28-24/h2-14H,1H3,(H2,24,27)(H,29,30,31)/b26-25+. The van der Waals surface area contributed by atoms with Crippen molar-refractivity contribution in [3.63, 3.8) is 0 Å². The van der Waals surface area contributed by atoms with Gasteiger partial charge in [0.05, 0.1) is 5.69 Å². The summed E-state index contributed by atoms with van der Waals surface area (Å²) in [5.74, 6) is 5.25. The average Bonchev–Trinajstić information content (AvgIpc) is 2.78. The number of aryl methyl sites for hydroxylation is 1. The quantitative estimate of drug-likeness (QED) is 0.158. The second-order valence-electron chi connectivity index (χ2n) is 7.09. The molecule has 0 amide bonds. The largest absolute Gasteiger partial charge is 0.305 e. The molecule has 4 aromatic rings. The van der Waals surface area contributed by atoms with Gasteiger partial charge in [-0.2, -0.15) is 13.5 Å². The first-order valence-electron chi connectivity index (χ1n) is 9.60. The Hall–Kier alpha value is -3.95. The topological polar surface area (TPSA) is 130 Å². The Bertz CT molecular complexity index is 1460. The molecule has 0 atom stereocenters. The summed E-state index contributed by atoms with van der Waals surface area (Å²) in [5.41, 5.74) is 4.19. The van der Waals surface area contributed by atoms with Gasteiger partial charge in [0.2, 0.25) is 0 Å². The molecule has 0 heterocycles. The maximum Gasteiger partial charge on any atom is 0.295 e. The molecular weight excluding hydrogens is 426 g/mol. The number of azo groups is 1. The minimum Gasteiger partial charge on any atom is -0.305 e. The van der Waals surface area contributed by atoms with Gasteiger partial charge in [-0.3, -0.25) is 4.55 Å². The Labute approximate surface area is 184 Å². The van der Waals surface area contributed by atoms with Crippen LogP contribution in [0.15, 0.2) is 104 Å². The molecule has 0 saturated carbocycles. The van der Waals surface area contributed by atoms with Crippen LogP contribution in [-0.2, 0) is 10.1 Å². The van der Waals surface area contributed by atoms with Crippen LogP contribution in [0.5, 0.6) is 0 Å². The Kier molecular flexibility index (Phi) is 5.76. The Morgan fingerprint density at radius 2 is 1.50 bits per heavy atom. The average molecular weight is 446 g/mol. The molecule has 0 radical (unpaired) electrons. The van der Waals surface area contributed by atoms with Crippen LogP contribution in [-0.4, -0.2) is 13.0 Å². The Balaban J connectivity index is 1.77. The molecular formula is C23H19N5O3S. The number of benzene rings is 4. The third-order valence-corrected chi connectivity index (χ3v) is 5.78. The molecule has 4 rings (SSSR count). The van der Waals surface area contributed by atoms with Crippen molar-refractivity contribution in [1.29, 1.82) is 0 Å². The van der Waals surface area contributed by atoms with E-state index in [1.807, 2.05) is 37.3 Å². The van der Waals surface area contributed by atoms with Gasteiger partial charge in [0.1, 0.15) is 16.3 Å². The van der Waals surface area contributed by atoms with Gasteiger partial charge in [0.15, 0.2) is 0 Å². The Morgan fingerprint density at radius 1 is 0.781 bits per heavy atom. The van der Waals surface area contributed by atoms with E-state index >= 15 is 0 Å². The van der Waals surface area contributed by atoms with Gasteiger partial charge in [-0.1, -0.05) is 71.5 Å². The molecule has 0 aliphatic carbocycles. The molecule has 160 valence electrons. The molecule has 8 nitrogen and oxygen atoms in total. The first-order chi connectivity index (χ1) is 15.4. The predicted molar refractivity (Wildman–Crippen MR) is 123 cm³/mol. The van der Waals surface area contributed by atoms with E-state index in [0.29, 0.717) is 11.1 Å². The van der Waals surface area contributed by atoms with Crippen molar-refractivity contribution in [2.75, 3.05) is 0 Å². The number of hydrogen-bond donors (Lipinski definition) is 2. The first kappa shape index (κ1) is 21.3. The van der Waals surface area contributed by atoms with Crippen LogP contribution in [0, 0.1) is 6.92 Å². The SMILES string of the molecule is Cc1cccc(-c2ccc(/N=N/c3cc(S(=O)(=O)O)c4ccccc4c3N=NN)cc2)c1. The van der Waals surface area contributed by atoms with Gasteiger partial charge >= 0.3 is 0 Å². The summed E-state index contributed by atoms with van der Waals surface area (Å²) in [4.78, 5) is -0.298. The van der Waals surface area contributed by atoms with Crippen LogP contribution in [0.1, 0.15) is 5.56 Å². The molecule has 0 saturated heterocycles. The first-order valence-corrected chi connectivity index (χ1v) is 11.0. The van der Waals surface area contributed by atoms with Crippen LogP contribution in [0.4, 0.5) is 17.1 Å². The highest BCUT2D eigenvalue weighted by Gasteiger charge is 2.19. The normalized spacial score (nSPS) is 12.2. The predicted octanol–water partition coefficient (Wildman–Crippen LogP) is 6.43. The maximum absolute atomic E-state index is 11.9.